The maximum atomic E-state index is 12.5. The van der Waals surface area contributed by atoms with Crippen LogP contribution >= 0.6 is 0 Å². The lowest BCUT2D eigenvalue weighted by Gasteiger charge is -2.31. The van der Waals surface area contributed by atoms with Crippen molar-refractivity contribution in [1.82, 2.24) is 0 Å². The molecule has 136 valence electrons. The first kappa shape index (κ1) is 17.9. The number of rotatable bonds is 5. The van der Waals surface area contributed by atoms with Crippen molar-refractivity contribution in [3.8, 4) is 0 Å². The van der Waals surface area contributed by atoms with Crippen molar-refractivity contribution < 1.29 is 19.6 Å². The fraction of sp³-hybridized carbons (Fsp3) is 0.600. The van der Waals surface area contributed by atoms with E-state index in [1.54, 1.807) is 4.90 Å². The number of amides is 1. The average molecular weight is 344 g/mol. The molecule has 0 bridgehead atoms. The van der Waals surface area contributed by atoms with Gasteiger partial charge in [0, 0.05) is 29.1 Å². The lowest BCUT2D eigenvalue weighted by molar-refractivity contribution is -0.918. The summed E-state index contributed by atoms with van der Waals surface area (Å²) in [6.07, 6.45) is 6.89. The minimum Gasteiger partial charge on any atom is -0.550 e. The van der Waals surface area contributed by atoms with Crippen molar-refractivity contribution in [2.45, 2.75) is 51.5 Å². The topological polar surface area (TPSA) is 73.7 Å². The summed E-state index contributed by atoms with van der Waals surface area (Å²) in [5.74, 6) is -2.42. The second kappa shape index (κ2) is 8.48. The predicted octanol–water partition coefficient (Wildman–Crippen LogP) is 0.750. The van der Waals surface area contributed by atoms with Crippen molar-refractivity contribution in [1.29, 1.82) is 0 Å². The predicted molar refractivity (Wildman–Crippen MR) is 93.8 cm³/mol. The van der Waals surface area contributed by atoms with E-state index in [4.69, 9.17) is 0 Å². The molecular formula is C20H28N2O3. The molecule has 0 unspecified atom stereocenters. The molecule has 0 spiro atoms. The number of hydrogen-bond acceptors (Lipinski definition) is 3. The van der Waals surface area contributed by atoms with Crippen LogP contribution in [0.2, 0.25) is 0 Å². The Morgan fingerprint density at radius 1 is 0.960 bits per heavy atom. The minimum absolute atomic E-state index is 0.191. The molecule has 5 nitrogen and oxygen atoms in total. The number of benzene rings is 1. The number of aliphatic carboxylic acids is 1. The normalized spacial score (nSPS) is 24.6. The molecule has 1 aromatic rings. The average Bonchev–Trinajstić information content (AvgIpc) is 2.64. The fourth-order valence-electron chi connectivity index (χ4n) is 4.18. The Bertz CT molecular complexity index is 593. The van der Waals surface area contributed by atoms with Gasteiger partial charge in [-0.1, -0.05) is 25.0 Å². The van der Waals surface area contributed by atoms with Crippen molar-refractivity contribution >= 4 is 17.6 Å². The van der Waals surface area contributed by atoms with Crippen LogP contribution in [0.25, 0.3) is 0 Å². The smallest absolute Gasteiger partial charge is 0.228 e. The Labute approximate surface area is 149 Å². The van der Waals surface area contributed by atoms with Gasteiger partial charge >= 0.3 is 0 Å². The van der Waals surface area contributed by atoms with E-state index in [1.807, 2.05) is 12.1 Å². The van der Waals surface area contributed by atoms with Crippen LogP contribution in [0.15, 0.2) is 24.3 Å². The molecule has 1 aliphatic heterocycles. The quantitative estimate of drug-likeness (QED) is 0.828. The van der Waals surface area contributed by atoms with E-state index in [9.17, 15) is 14.7 Å². The highest BCUT2D eigenvalue weighted by Gasteiger charge is 2.31. The van der Waals surface area contributed by atoms with Gasteiger partial charge in [-0.2, -0.15) is 0 Å². The number of carboxylic acids is 1. The van der Waals surface area contributed by atoms with Gasteiger partial charge in [-0.3, -0.25) is 4.79 Å². The number of nitrogens with one attached hydrogen (secondary N) is 2. The number of hydrogen-bond donors (Lipinski definition) is 2. The standard InChI is InChI=1S/C20H28N2O3/c23-19(17-6-2-3-7-18(17)20(24)25)21-16-10-8-15(9-11-16)14-22-12-4-1-5-13-22/h8-11,17-18H,1-7,12-14H2,(H,21,23)(H,24,25)/t17-,18-/m0/s1. The monoisotopic (exact) mass is 344 g/mol. The van der Waals surface area contributed by atoms with E-state index in [-0.39, 0.29) is 5.91 Å². The molecule has 0 radical (unpaired) electrons. The van der Waals surface area contributed by atoms with Crippen LogP contribution in [0.5, 0.6) is 0 Å². The molecule has 2 N–H and O–H groups in total. The van der Waals surface area contributed by atoms with E-state index < -0.39 is 17.8 Å². The number of piperidine rings is 1. The first-order valence-corrected chi connectivity index (χ1v) is 9.58. The molecule has 2 fully saturated rings. The molecule has 5 heteroatoms. The summed E-state index contributed by atoms with van der Waals surface area (Å²) in [6.45, 7) is 3.51. The van der Waals surface area contributed by atoms with Gasteiger partial charge < -0.3 is 20.1 Å². The fourth-order valence-corrected chi connectivity index (χ4v) is 4.18. The molecule has 3 rings (SSSR count). The third-order valence-electron chi connectivity index (χ3n) is 5.64. The van der Waals surface area contributed by atoms with Crippen LogP contribution in [-0.2, 0) is 16.1 Å². The maximum absolute atomic E-state index is 12.5. The van der Waals surface area contributed by atoms with Gasteiger partial charge in [-0.15, -0.1) is 0 Å². The summed E-state index contributed by atoms with van der Waals surface area (Å²) >= 11 is 0. The summed E-state index contributed by atoms with van der Waals surface area (Å²) in [6, 6.07) is 7.98. The molecule has 2 aliphatic rings. The van der Waals surface area contributed by atoms with Crippen LogP contribution in [0.3, 0.4) is 0 Å². The number of carbonyl (C=O) groups excluding carboxylic acids is 2. The third-order valence-corrected chi connectivity index (χ3v) is 5.64. The van der Waals surface area contributed by atoms with Crippen LogP contribution in [-0.4, -0.2) is 25.0 Å². The zero-order chi connectivity index (χ0) is 17.6. The highest BCUT2D eigenvalue weighted by atomic mass is 16.4. The Balaban J connectivity index is 1.56. The second-order valence-electron chi connectivity index (χ2n) is 7.49. The maximum Gasteiger partial charge on any atom is 0.228 e. The zero-order valence-corrected chi connectivity index (χ0v) is 14.8. The van der Waals surface area contributed by atoms with E-state index in [0.717, 1.165) is 25.1 Å². The van der Waals surface area contributed by atoms with E-state index >= 15 is 0 Å². The molecule has 1 saturated carbocycles. The summed E-state index contributed by atoms with van der Waals surface area (Å²) in [4.78, 5) is 25.4. The van der Waals surface area contributed by atoms with E-state index in [1.165, 1.54) is 37.9 Å². The van der Waals surface area contributed by atoms with Gasteiger partial charge in [0.2, 0.25) is 5.91 Å². The minimum atomic E-state index is -1.10. The van der Waals surface area contributed by atoms with Gasteiger partial charge in [0.05, 0.1) is 13.1 Å². The molecule has 25 heavy (non-hydrogen) atoms. The van der Waals surface area contributed by atoms with Gasteiger partial charge in [0.25, 0.3) is 0 Å². The van der Waals surface area contributed by atoms with Crippen LogP contribution in [0.1, 0.15) is 50.5 Å². The lowest BCUT2D eigenvalue weighted by Crippen LogP contribution is -3.11. The summed E-state index contributed by atoms with van der Waals surface area (Å²) < 4.78 is 0. The lowest BCUT2D eigenvalue weighted by atomic mass is 9.78. The number of quaternary nitrogens is 1. The number of carbonyl (C=O) groups is 2. The second-order valence-corrected chi connectivity index (χ2v) is 7.49. The Morgan fingerprint density at radius 2 is 1.60 bits per heavy atom. The van der Waals surface area contributed by atoms with E-state index in [0.29, 0.717) is 12.8 Å². The number of carboxylic acid groups (broad SMARTS) is 1. The molecule has 1 aliphatic carbocycles. The first-order chi connectivity index (χ1) is 12.1. The first-order valence-electron chi connectivity index (χ1n) is 9.58. The molecular weight excluding hydrogens is 316 g/mol. The molecule has 1 aromatic carbocycles. The summed E-state index contributed by atoms with van der Waals surface area (Å²) in [5.41, 5.74) is 2.02. The molecule has 0 aromatic heterocycles. The van der Waals surface area contributed by atoms with Crippen LogP contribution in [0.4, 0.5) is 5.69 Å². The summed E-state index contributed by atoms with van der Waals surface area (Å²) in [5, 5.41) is 14.2. The van der Waals surface area contributed by atoms with Crippen LogP contribution in [0, 0.1) is 11.8 Å². The Morgan fingerprint density at radius 3 is 2.24 bits per heavy atom. The molecule has 2 atom stereocenters. The van der Waals surface area contributed by atoms with Crippen molar-refractivity contribution in [2.75, 3.05) is 18.4 Å². The van der Waals surface area contributed by atoms with Gasteiger partial charge in [-0.05, 0) is 44.2 Å². The SMILES string of the molecule is O=C([O-])[C@H]1CCCC[C@@H]1C(=O)Nc1ccc(C[NH+]2CCCCC2)cc1. The van der Waals surface area contributed by atoms with Crippen molar-refractivity contribution in [2.24, 2.45) is 11.8 Å². The highest BCUT2D eigenvalue weighted by Crippen LogP contribution is 2.30. The molecule has 1 saturated heterocycles. The third kappa shape index (κ3) is 4.82. The van der Waals surface area contributed by atoms with Crippen LogP contribution < -0.4 is 15.3 Å². The molecule has 1 heterocycles. The Kier molecular flexibility index (Phi) is 6.08. The summed E-state index contributed by atoms with van der Waals surface area (Å²) in [7, 11) is 0. The highest BCUT2D eigenvalue weighted by molar-refractivity contribution is 5.95. The van der Waals surface area contributed by atoms with E-state index in [2.05, 4.69) is 17.4 Å². The zero-order valence-electron chi connectivity index (χ0n) is 14.8. The number of anilines is 1. The van der Waals surface area contributed by atoms with Crippen molar-refractivity contribution in [3.05, 3.63) is 29.8 Å². The van der Waals surface area contributed by atoms with Gasteiger partial charge in [-0.25, -0.2) is 0 Å². The van der Waals surface area contributed by atoms with Crippen molar-refractivity contribution in [3.63, 3.8) is 0 Å². The molecule has 1 amide bonds. The van der Waals surface area contributed by atoms with Gasteiger partial charge in [0.15, 0.2) is 0 Å². The largest absolute Gasteiger partial charge is 0.550 e. The van der Waals surface area contributed by atoms with Gasteiger partial charge in [0.1, 0.15) is 6.54 Å². The Hall–Kier alpha value is -1.88. The number of likely N-dealkylation sites (tertiary alicyclic amines) is 1.